The van der Waals surface area contributed by atoms with Crippen LogP contribution in [-0.4, -0.2) is 38.2 Å². The summed E-state index contributed by atoms with van der Waals surface area (Å²) in [5.41, 5.74) is 0. The molecule has 0 saturated carbocycles. The molecule has 0 aromatic rings. The lowest BCUT2D eigenvalue weighted by atomic mass is 10.1. The van der Waals surface area contributed by atoms with Gasteiger partial charge in [0.1, 0.15) is 0 Å². The molecule has 0 rings (SSSR count). The Morgan fingerprint density at radius 2 is 1.95 bits per heavy atom. The topological polar surface area (TPSA) is 55.8 Å². The first-order valence-electron chi connectivity index (χ1n) is 7.17. The van der Waals surface area contributed by atoms with E-state index in [1.54, 1.807) is 13.0 Å². The number of aliphatic hydroxyl groups is 1. The molecule has 0 aliphatic heterocycles. The van der Waals surface area contributed by atoms with Crippen molar-refractivity contribution in [3.05, 3.63) is 12.7 Å². The number of esters is 1. The smallest absolute Gasteiger partial charge is 0.308 e. The van der Waals surface area contributed by atoms with Crippen LogP contribution in [0.5, 0.6) is 0 Å². The molecule has 0 heterocycles. The third kappa shape index (κ3) is 6.68. The van der Waals surface area contributed by atoms with Crippen molar-refractivity contribution >= 4 is 14.3 Å². The Morgan fingerprint density at radius 3 is 2.35 bits per heavy atom. The van der Waals surface area contributed by atoms with Crippen LogP contribution >= 0.6 is 0 Å². The second-order valence-corrected chi connectivity index (χ2v) is 11.3. The third-order valence-corrected chi connectivity index (χ3v) is 8.23. The molecule has 0 saturated heterocycles. The quantitative estimate of drug-likeness (QED) is 0.425. The van der Waals surface area contributed by atoms with Crippen LogP contribution < -0.4 is 0 Å². The summed E-state index contributed by atoms with van der Waals surface area (Å²) < 4.78 is 11.0. The fraction of sp³-hybridized carbons (Fsp3) is 0.800. The van der Waals surface area contributed by atoms with Gasteiger partial charge in [-0.15, -0.1) is 6.58 Å². The monoisotopic (exact) mass is 302 g/mol. The Labute approximate surface area is 124 Å². The average molecular weight is 302 g/mol. The van der Waals surface area contributed by atoms with Crippen LogP contribution in [0.3, 0.4) is 0 Å². The molecule has 0 radical (unpaired) electrons. The van der Waals surface area contributed by atoms with E-state index in [0.717, 1.165) is 0 Å². The first kappa shape index (κ1) is 19.3. The minimum atomic E-state index is -1.91. The molecule has 0 aromatic heterocycles. The van der Waals surface area contributed by atoms with Gasteiger partial charge in [-0.1, -0.05) is 26.8 Å². The number of hydrogen-bond donors (Lipinski definition) is 1. The van der Waals surface area contributed by atoms with Gasteiger partial charge in [0, 0.05) is 6.42 Å². The second-order valence-electron chi connectivity index (χ2n) is 6.55. The molecule has 0 fully saturated rings. The van der Waals surface area contributed by atoms with Crippen molar-refractivity contribution in [1.82, 2.24) is 0 Å². The molecule has 0 bridgehead atoms. The van der Waals surface area contributed by atoms with E-state index in [0.29, 0.717) is 13.0 Å². The highest BCUT2D eigenvalue weighted by molar-refractivity contribution is 6.74. The predicted molar refractivity (Wildman–Crippen MR) is 84.1 cm³/mol. The Kier molecular flexibility index (Phi) is 7.69. The van der Waals surface area contributed by atoms with Gasteiger partial charge in [0.25, 0.3) is 0 Å². The number of ether oxygens (including phenoxy) is 1. The number of carbonyl (C=O) groups excluding carboxylic acids is 1. The maximum absolute atomic E-state index is 11.3. The van der Waals surface area contributed by atoms with E-state index in [2.05, 4.69) is 40.4 Å². The molecule has 20 heavy (non-hydrogen) atoms. The summed E-state index contributed by atoms with van der Waals surface area (Å²) in [6.45, 7) is 16.6. The Balaban J connectivity index is 4.49. The van der Waals surface area contributed by atoms with Crippen LogP contribution in [0.2, 0.25) is 18.1 Å². The highest BCUT2D eigenvalue weighted by atomic mass is 28.4. The fourth-order valence-electron chi connectivity index (χ4n) is 1.51. The molecule has 0 spiro atoms. The Bertz CT molecular complexity index is 320. The number of carbonyl (C=O) groups is 1. The highest BCUT2D eigenvalue weighted by Gasteiger charge is 2.39. The molecule has 0 aromatic carbocycles. The van der Waals surface area contributed by atoms with Gasteiger partial charge in [0.2, 0.25) is 0 Å². The molecule has 4 nitrogen and oxygen atoms in total. The zero-order chi connectivity index (χ0) is 16.0. The Hall–Kier alpha value is -0.653. The minimum absolute atomic E-state index is 0.000950. The molecule has 0 aliphatic rings. The molecule has 0 amide bonds. The number of aliphatic hydroxyl groups excluding tert-OH is 1. The van der Waals surface area contributed by atoms with E-state index in [1.807, 2.05) is 0 Å². The standard InChI is InChI=1S/C15H30O4Si/c1-8-13(19-20(6,7)15(3,4)5)10-12(16)11-14(17)18-9-2/h8,12-13,16H,1,9-11H2,2-7H3/t12-,13-/m1/s1. The third-order valence-electron chi connectivity index (χ3n) is 3.73. The van der Waals surface area contributed by atoms with Crippen LogP contribution in [0.1, 0.15) is 40.5 Å². The van der Waals surface area contributed by atoms with Crippen LogP contribution in [0.25, 0.3) is 0 Å². The van der Waals surface area contributed by atoms with E-state index in [4.69, 9.17) is 9.16 Å². The van der Waals surface area contributed by atoms with Gasteiger partial charge in [-0.25, -0.2) is 0 Å². The van der Waals surface area contributed by atoms with Crippen molar-refractivity contribution in [3.8, 4) is 0 Å². The molecule has 118 valence electrons. The normalized spacial score (nSPS) is 15.6. The average Bonchev–Trinajstić information content (AvgIpc) is 2.26. The number of hydrogen-bond acceptors (Lipinski definition) is 4. The lowest BCUT2D eigenvalue weighted by Crippen LogP contribution is -2.44. The van der Waals surface area contributed by atoms with Gasteiger partial charge in [-0.2, -0.15) is 0 Å². The van der Waals surface area contributed by atoms with E-state index >= 15 is 0 Å². The summed E-state index contributed by atoms with van der Waals surface area (Å²) in [4.78, 5) is 11.3. The summed E-state index contributed by atoms with van der Waals surface area (Å²) in [6.07, 6.45) is 1.07. The van der Waals surface area contributed by atoms with E-state index in [1.165, 1.54) is 0 Å². The SMILES string of the molecule is C=C[C@H](C[C@@H](O)CC(=O)OCC)O[Si](C)(C)C(C)(C)C. The van der Waals surface area contributed by atoms with Crippen molar-refractivity contribution in [2.75, 3.05) is 6.61 Å². The van der Waals surface area contributed by atoms with Gasteiger partial charge < -0.3 is 14.3 Å². The summed E-state index contributed by atoms with van der Waals surface area (Å²) in [5.74, 6) is -0.380. The van der Waals surface area contributed by atoms with Crippen LogP contribution in [0.4, 0.5) is 0 Å². The summed E-state index contributed by atoms with van der Waals surface area (Å²) in [6, 6.07) is 0. The van der Waals surface area contributed by atoms with Gasteiger partial charge in [-0.3, -0.25) is 4.79 Å². The van der Waals surface area contributed by atoms with Crippen molar-refractivity contribution in [3.63, 3.8) is 0 Å². The van der Waals surface area contributed by atoms with Crippen LogP contribution in [0, 0.1) is 0 Å². The fourth-order valence-corrected chi connectivity index (χ4v) is 2.81. The first-order valence-corrected chi connectivity index (χ1v) is 10.1. The molecule has 0 aliphatic carbocycles. The number of rotatable bonds is 8. The largest absolute Gasteiger partial charge is 0.466 e. The zero-order valence-electron chi connectivity index (χ0n) is 13.7. The summed E-state index contributed by atoms with van der Waals surface area (Å²) in [5, 5.41) is 10.0. The first-order chi connectivity index (χ1) is 9.03. The maximum Gasteiger partial charge on any atom is 0.308 e. The summed E-state index contributed by atoms with van der Waals surface area (Å²) in [7, 11) is -1.91. The van der Waals surface area contributed by atoms with Gasteiger partial charge >= 0.3 is 5.97 Å². The van der Waals surface area contributed by atoms with Crippen molar-refractivity contribution in [2.45, 2.75) is 70.9 Å². The molecule has 1 N–H and O–H groups in total. The van der Waals surface area contributed by atoms with Crippen LogP contribution in [-0.2, 0) is 14.0 Å². The van der Waals surface area contributed by atoms with E-state index < -0.39 is 14.4 Å². The summed E-state index contributed by atoms with van der Waals surface area (Å²) >= 11 is 0. The van der Waals surface area contributed by atoms with Gasteiger partial charge in [0.05, 0.1) is 25.2 Å². The maximum atomic E-state index is 11.3. The molecule has 2 atom stereocenters. The zero-order valence-corrected chi connectivity index (χ0v) is 14.7. The minimum Gasteiger partial charge on any atom is -0.466 e. The van der Waals surface area contributed by atoms with Gasteiger partial charge in [0.15, 0.2) is 8.32 Å². The molecular formula is C15H30O4Si. The van der Waals surface area contributed by atoms with E-state index in [9.17, 15) is 9.90 Å². The van der Waals surface area contributed by atoms with Gasteiger partial charge in [-0.05, 0) is 25.1 Å². The van der Waals surface area contributed by atoms with Crippen molar-refractivity contribution in [1.29, 1.82) is 0 Å². The van der Waals surface area contributed by atoms with Crippen LogP contribution in [0.15, 0.2) is 12.7 Å². The molecule has 0 unspecified atom stereocenters. The predicted octanol–water partition coefficient (Wildman–Crippen LogP) is 3.27. The molecular weight excluding hydrogens is 272 g/mol. The lowest BCUT2D eigenvalue weighted by molar-refractivity contribution is -0.145. The van der Waals surface area contributed by atoms with Crippen molar-refractivity contribution in [2.24, 2.45) is 0 Å². The second kappa shape index (κ2) is 7.95. The Morgan fingerprint density at radius 1 is 1.40 bits per heavy atom. The van der Waals surface area contributed by atoms with E-state index in [-0.39, 0.29) is 23.5 Å². The lowest BCUT2D eigenvalue weighted by Gasteiger charge is -2.39. The highest BCUT2D eigenvalue weighted by Crippen LogP contribution is 2.37. The van der Waals surface area contributed by atoms with Crippen molar-refractivity contribution < 1.29 is 19.1 Å². The molecule has 5 heteroatoms.